The third kappa shape index (κ3) is 5.52. The van der Waals surface area contributed by atoms with Gasteiger partial charge in [0.15, 0.2) is 0 Å². The summed E-state index contributed by atoms with van der Waals surface area (Å²) in [6, 6.07) is 14.6. The number of hydrogen-bond acceptors (Lipinski definition) is 3. The number of hydrazone groups is 1. The van der Waals surface area contributed by atoms with Gasteiger partial charge in [-0.15, -0.1) is 0 Å². The third-order valence-corrected chi connectivity index (χ3v) is 3.64. The molecule has 24 heavy (non-hydrogen) atoms. The first-order valence-corrected chi connectivity index (χ1v) is 7.86. The molecule has 0 unspecified atom stereocenters. The summed E-state index contributed by atoms with van der Waals surface area (Å²) in [6.45, 7) is 1.91. The van der Waals surface area contributed by atoms with Crippen molar-refractivity contribution < 1.29 is 9.59 Å². The molecule has 2 N–H and O–H groups in total. The van der Waals surface area contributed by atoms with E-state index in [9.17, 15) is 9.59 Å². The maximum atomic E-state index is 11.9. The number of aryl methyl sites for hydroxylation is 1. The number of hydrogen-bond donors (Lipinski definition) is 2. The van der Waals surface area contributed by atoms with Crippen molar-refractivity contribution in [3.05, 3.63) is 64.7 Å². The number of rotatable bonds is 6. The van der Waals surface area contributed by atoms with Gasteiger partial charge in [0.1, 0.15) is 0 Å². The summed E-state index contributed by atoms with van der Waals surface area (Å²) < 4.78 is 0. The first-order valence-electron chi connectivity index (χ1n) is 7.48. The molecular formula is C18H18ClN3O2. The normalized spacial score (nSPS) is 10.6. The van der Waals surface area contributed by atoms with Crippen molar-refractivity contribution in [1.29, 1.82) is 0 Å². The van der Waals surface area contributed by atoms with Crippen molar-refractivity contribution >= 4 is 35.3 Å². The maximum Gasteiger partial charge on any atom is 0.240 e. The van der Waals surface area contributed by atoms with E-state index in [2.05, 4.69) is 15.8 Å². The number of carbonyl (C=O) groups excluding carboxylic acids is 2. The molecular weight excluding hydrogens is 326 g/mol. The van der Waals surface area contributed by atoms with E-state index in [0.29, 0.717) is 10.6 Å². The quantitative estimate of drug-likeness (QED) is 0.622. The number of carbonyl (C=O) groups is 2. The van der Waals surface area contributed by atoms with Crippen LogP contribution in [0.2, 0.25) is 5.02 Å². The van der Waals surface area contributed by atoms with Gasteiger partial charge in [0.25, 0.3) is 0 Å². The Hall–Kier alpha value is -2.66. The lowest BCUT2D eigenvalue weighted by molar-refractivity contribution is -0.124. The van der Waals surface area contributed by atoms with Gasteiger partial charge in [0, 0.05) is 29.1 Å². The van der Waals surface area contributed by atoms with Crippen LogP contribution < -0.4 is 10.7 Å². The fourth-order valence-corrected chi connectivity index (χ4v) is 2.15. The number of nitrogens with zero attached hydrogens (tertiary/aromatic N) is 1. The molecule has 2 aromatic carbocycles. The van der Waals surface area contributed by atoms with Gasteiger partial charge in [-0.2, -0.15) is 5.10 Å². The van der Waals surface area contributed by atoms with E-state index in [0.717, 1.165) is 11.3 Å². The molecule has 2 aromatic rings. The molecule has 0 atom stereocenters. The van der Waals surface area contributed by atoms with Crippen LogP contribution in [0.3, 0.4) is 0 Å². The smallest absolute Gasteiger partial charge is 0.240 e. The highest BCUT2D eigenvalue weighted by molar-refractivity contribution is 6.33. The topological polar surface area (TPSA) is 70.6 Å². The highest BCUT2D eigenvalue weighted by Gasteiger charge is 2.07. The van der Waals surface area contributed by atoms with Crippen LogP contribution in [-0.2, 0) is 9.59 Å². The Morgan fingerprint density at radius 2 is 1.71 bits per heavy atom. The van der Waals surface area contributed by atoms with Crippen LogP contribution in [0.5, 0.6) is 0 Å². The summed E-state index contributed by atoms with van der Waals surface area (Å²) in [4.78, 5) is 23.6. The largest absolute Gasteiger partial charge is 0.326 e. The maximum absolute atomic E-state index is 11.9. The summed E-state index contributed by atoms with van der Waals surface area (Å²) in [5, 5.41) is 7.17. The number of amides is 2. The Balaban J connectivity index is 1.76. The van der Waals surface area contributed by atoms with E-state index in [1.807, 2.05) is 43.3 Å². The second-order valence-electron chi connectivity index (χ2n) is 5.18. The van der Waals surface area contributed by atoms with Crippen molar-refractivity contribution in [3.8, 4) is 0 Å². The summed E-state index contributed by atoms with van der Waals surface area (Å²) in [5.41, 5.74) is 4.81. The van der Waals surface area contributed by atoms with E-state index in [4.69, 9.17) is 11.6 Å². The average molecular weight is 344 g/mol. The Morgan fingerprint density at radius 1 is 1.04 bits per heavy atom. The van der Waals surface area contributed by atoms with Crippen LogP contribution in [0.1, 0.15) is 24.0 Å². The third-order valence-electron chi connectivity index (χ3n) is 3.30. The molecule has 2 amide bonds. The van der Waals surface area contributed by atoms with Crippen LogP contribution in [0.4, 0.5) is 5.69 Å². The molecule has 0 aromatic heterocycles. The molecule has 0 aliphatic carbocycles. The first-order chi connectivity index (χ1) is 11.6. The Kier molecular flexibility index (Phi) is 6.51. The number of nitrogens with one attached hydrogen (secondary N) is 2. The standard InChI is InChI=1S/C18H18ClN3O2/c1-13-6-2-5-9-16(13)21-17(23)10-11-18(24)22-20-12-14-7-3-4-8-15(14)19/h2-9,12H,10-11H2,1H3,(H,21,23)(H,22,24). The Morgan fingerprint density at radius 3 is 2.46 bits per heavy atom. The lowest BCUT2D eigenvalue weighted by Crippen LogP contribution is -2.20. The van der Waals surface area contributed by atoms with Gasteiger partial charge in [-0.1, -0.05) is 48.0 Å². The summed E-state index contributed by atoms with van der Waals surface area (Å²) >= 11 is 5.98. The van der Waals surface area contributed by atoms with Gasteiger partial charge in [-0.05, 0) is 24.6 Å². The van der Waals surface area contributed by atoms with Gasteiger partial charge < -0.3 is 5.32 Å². The number of para-hydroxylation sites is 1. The van der Waals surface area contributed by atoms with Crippen LogP contribution in [-0.4, -0.2) is 18.0 Å². The van der Waals surface area contributed by atoms with E-state index in [1.54, 1.807) is 12.1 Å². The lowest BCUT2D eigenvalue weighted by Gasteiger charge is -2.07. The molecule has 0 bridgehead atoms. The zero-order chi connectivity index (χ0) is 17.4. The fraction of sp³-hybridized carbons (Fsp3) is 0.167. The van der Waals surface area contributed by atoms with Gasteiger partial charge in [0.2, 0.25) is 11.8 Å². The fourth-order valence-electron chi connectivity index (χ4n) is 1.96. The molecule has 0 aliphatic heterocycles. The van der Waals surface area contributed by atoms with Crippen LogP contribution in [0.15, 0.2) is 53.6 Å². The van der Waals surface area contributed by atoms with E-state index >= 15 is 0 Å². The summed E-state index contributed by atoms with van der Waals surface area (Å²) in [7, 11) is 0. The zero-order valence-electron chi connectivity index (χ0n) is 13.3. The second-order valence-corrected chi connectivity index (χ2v) is 5.58. The zero-order valence-corrected chi connectivity index (χ0v) is 14.0. The van der Waals surface area contributed by atoms with E-state index in [-0.39, 0.29) is 24.7 Å². The van der Waals surface area contributed by atoms with Gasteiger partial charge in [-0.3, -0.25) is 9.59 Å². The minimum absolute atomic E-state index is 0.0532. The van der Waals surface area contributed by atoms with Crippen molar-refractivity contribution in [2.75, 3.05) is 5.32 Å². The minimum Gasteiger partial charge on any atom is -0.326 e. The monoisotopic (exact) mass is 343 g/mol. The van der Waals surface area contributed by atoms with Crippen LogP contribution in [0.25, 0.3) is 0 Å². The van der Waals surface area contributed by atoms with Crippen molar-refractivity contribution in [1.82, 2.24) is 5.43 Å². The summed E-state index contributed by atoms with van der Waals surface area (Å²) in [6.07, 6.45) is 1.60. The molecule has 2 rings (SSSR count). The molecule has 5 nitrogen and oxygen atoms in total. The van der Waals surface area contributed by atoms with Crippen LogP contribution in [0, 0.1) is 6.92 Å². The molecule has 0 aliphatic rings. The molecule has 124 valence electrons. The predicted octanol–water partition coefficient (Wildman–Crippen LogP) is 3.52. The molecule has 0 spiro atoms. The molecule has 0 heterocycles. The molecule has 0 radical (unpaired) electrons. The Labute approximate surface area is 145 Å². The Bertz CT molecular complexity index is 759. The lowest BCUT2D eigenvalue weighted by atomic mass is 10.2. The average Bonchev–Trinajstić information content (AvgIpc) is 2.57. The van der Waals surface area contributed by atoms with Gasteiger partial charge in [-0.25, -0.2) is 5.43 Å². The number of halogens is 1. The van der Waals surface area contributed by atoms with E-state index < -0.39 is 0 Å². The summed E-state index contributed by atoms with van der Waals surface area (Å²) in [5.74, 6) is -0.548. The molecule has 0 saturated carbocycles. The highest BCUT2D eigenvalue weighted by Crippen LogP contribution is 2.14. The van der Waals surface area contributed by atoms with Crippen molar-refractivity contribution in [2.45, 2.75) is 19.8 Å². The number of benzene rings is 2. The van der Waals surface area contributed by atoms with Crippen LogP contribution >= 0.6 is 11.6 Å². The van der Waals surface area contributed by atoms with E-state index in [1.165, 1.54) is 6.21 Å². The highest BCUT2D eigenvalue weighted by atomic mass is 35.5. The SMILES string of the molecule is Cc1ccccc1NC(=O)CCC(=O)NN=Cc1ccccc1Cl. The predicted molar refractivity (Wildman–Crippen MR) is 96.2 cm³/mol. The first kappa shape index (κ1) is 17.7. The van der Waals surface area contributed by atoms with Gasteiger partial charge >= 0.3 is 0 Å². The number of anilines is 1. The van der Waals surface area contributed by atoms with Gasteiger partial charge in [0.05, 0.1) is 6.21 Å². The minimum atomic E-state index is -0.335. The molecule has 0 saturated heterocycles. The van der Waals surface area contributed by atoms with Crippen molar-refractivity contribution in [3.63, 3.8) is 0 Å². The molecule has 0 fully saturated rings. The second kappa shape index (κ2) is 8.84. The van der Waals surface area contributed by atoms with Crippen molar-refractivity contribution in [2.24, 2.45) is 5.10 Å². The molecule has 6 heteroatoms.